The number of piperazine rings is 1. The van der Waals surface area contributed by atoms with Crippen molar-refractivity contribution in [2.45, 2.75) is 39.2 Å². The van der Waals surface area contributed by atoms with Gasteiger partial charge in [-0.25, -0.2) is 4.98 Å². The number of nitrogens with zero attached hydrogens (tertiary/aromatic N) is 3. The molecular formula is C23H28N4O2S. The second-order valence-corrected chi connectivity index (χ2v) is 9.75. The van der Waals surface area contributed by atoms with Gasteiger partial charge in [0.25, 0.3) is 5.56 Å². The van der Waals surface area contributed by atoms with Crippen molar-refractivity contribution in [1.29, 1.82) is 0 Å². The summed E-state index contributed by atoms with van der Waals surface area (Å²) in [6, 6.07) is 7.54. The molecule has 158 valence electrons. The molecule has 2 aromatic heterocycles. The minimum Gasteiger partial charge on any atom is -0.506 e. The Labute approximate surface area is 180 Å². The van der Waals surface area contributed by atoms with Crippen LogP contribution >= 0.6 is 11.3 Å². The zero-order chi connectivity index (χ0) is 20.8. The van der Waals surface area contributed by atoms with Crippen molar-refractivity contribution in [3.8, 4) is 5.75 Å². The van der Waals surface area contributed by atoms with E-state index in [1.165, 1.54) is 10.4 Å². The van der Waals surface area contributed by atoms with Crippen molar-refractivity contribution in [3.63, 3.8) is 0 Å². The van der Waals surface area contributed by atoms with E-state index < -0.39 is 0 Å². The van der Waals surface area contributed by atoms with Crippen LogP contribution in [0.1, 0.15) is 42.6 Å². The summed E-state index contributed by atoms with van der Waals surface area (Å²) in [4.78, 5) is 27.7. The van der Waals surface area contributed by atoms with Crippen LogP contribution in [0, 0.1) is 5.92 Å². The van der Waals surface area contributed by atoms with E-state index in [2.05, 4.69) is 28.6 Å². The van der Waals surface area contributed by atoms with Crippen LogP contribution in [0.4, 0.5) is 5.69 Å². The molecule has 0 amide bonds. The van der Waals surface area contributed by atoms with Crippen molar-refractivity contribution in [1.82, 2.24) is 14.9 Å². The molecule has 30 heavy (non-hydrogen) atoms. The van der Waals surface area contributed by atoms with Gasteiger partial charge in [0.05, 0.1) is 17.1 Å². The Kier molecular flexibility index (Phi) is 5.03. The lowest BCUT2D eigenvalue weighted by molar-refractivity contribution is 0.191. The van der Waals surface area contributed by atoms with Crippen LogP contribution in [0.5, 0.6) is 5.75 Å². The predicted octanol–water partition coefficient (Wildman–Crippen LogP) is 3.70. The molecule has 5 rings (SSSR count). The number of anilines is 1. The number of aromatic hydroxyl groups is 1. The van der Waals surface area contributed by atoms with Crippen LogP contribution in [0.25, 0.3) is 10.2 Å². The molecule has 0 spiro atoms. The van der Waals surface area contributed by atoms with Gasteiger partial charge in [-0.1, -0.05) is 19.1 Å². The van der Waals surface area contributed by atoms with Crippen LogP contribution in [0.2, 0.25) is 0 Å². The first-order valence-electron chi connectivity index (χ1n) is 10.8. The number of nitrogens with one attached hydrogen (secondary N) is 1. The summed E-state index contributed by atoms with van der Waals surface area (Å²) >= 11 is 1.71. The number of rotatable bonds is 3. The van der Waals surface area contributed by atoms with E-state index in [1.54, 1.807) is 17.4 Å². The molecule has 2 atom stereocenters. The molecule has 1 aliphatic carbocycles. The number of hydrogen-bond acceptors (Lipinski definition) is 6. The Hall–Kier alpha value is -2.38. The van der Waals surface area contributed by atoms with Crippen molar-refractivity contribution >= 4 is 27.2 Å². The standard InChI is InChI=1S/C23H28N4O2S/c1-14-7-8-16-19(13-14)30-23-20(16)22(29)24-21(25-23)15(2)26-9-11-27(12-10-26)17-5-3-4-6-18(17)28/h3-6,14-15,28H,7-13H2,1-2H3,(H,24,25,29). The Morgan fingerprint density at radius 2 is 2.00 bits per heavy atom. The third-order valence-electron chi connectivity index (χ3n) is 6.66. The third kappa shape index (κ3) is 3.40. The number of phenolic OH excluding ortho intramolecular Hbond substituents is 1. The maximum Gasteiger partial charge on any atom is 0.259 e. The first-order chi connectivity index (χ1) is 14.5. The van der Waals surface area contributed by atoms with Gasteiger partial charge in [0.1, 0.15) is 16.4 Å². The number of aryl methyl sites for hydroxylation is 1. The lowest BCUT2D eigenvalue weighted by atomic mass is 9.89. The van der Waals surface area contributed by atoms with Gasteiger partial charge < -0.3 is 15.0 Å². The normalized spacial score (nSPS) is 21.0. The van der Waals surface area contributed by atoms with Gasteiger partial charge >= 0.3 is 0 Å². The maximum absolute atomic E-state index is 12.9. The Bertz CT molecular complexity index is 1130. The Morgan fingerprint density at radius 3 is 2.77 bits per heavy atom. The highest BCUT2D eigenvalue weighted by Gasteiger charge is 2.27. The fourth-order valence-corrected chi connectivity index (χ4v) is 6.21. The van der Waals surface area contributed by atoms with Crippen LogP contribution in [0.15, 0.2) is 29.1 Å². The van der Waals surface area contributed by atoms with Gasteiger partial charge in [-0.15, -0.1) is 11.3 Å². The number of H-pyrrole nitrogens is 1. The van der Waals surface area contributed by atoms with Gasteiger partial charge in [0.15, 0.2) is 0 Å². The zero-order valence-electron chi connectivity index (χ0n) is 17.5. The second-order valence-electron chi connectivity index (χ2n) is 8.67. The number of fused-ring (bicyclic) bond motifs is 3. The molecule has 1 aliphatic heterocycles. The number of thiophene rings is 1. The maximum atomic E-state index is 12.9. The highest BCUT2D eigenvalue weighted by molar-refractivity contribution is 7.18. The summed E-state index contributed by atoms with van der Waals surface area (Å²) in [5.41, 5.74) is 2.13. The summed E-state index contributed by atoms with van der Waals surface area (Å²) in [7, 11) is 0. The van der Waals surface area contributed by atoms with Gasteiger partial charge in [-0.05, 0) is 49.8 Å². The number of aromatic nitrogens is 2. The highest BCUT2D eigenvalue weighted by atomic mass is 32.1. The molecule has 7 heteroatoms. The van der Waals surface area contributed by atoms with Crippen molar-refractivity contribution in [2.75, 3.05) is 31.1 Å². The molecule has 1 aromatic carbocycles. The van der Waals surface area contributed by atoms with Crippen LogP contribution in [0.3, 0.4) is 0 Å². The minimum atomic E-state index is 0.0155. The molecule has 2 N–H and O–H groups in total. The highest BCUT2D eigenvalue weighted by Crippen LogP contribution is 2.36. The van der Waals surface area contributed by atoms with E-state index in [-0.39, 0.29) is 11.6 Å². The van der Waals surface area contributed by atoms with E-state index >= 15 is 0 Å². The smallest absolute Gasteiger partial charge is 0.259 e. The number of benzene rings is 1. The molecule has 1 fully saturated rings. The molecule has 3 heterocycles. The molecule has 0 bridgehead atoms. The van der Waals surface area contributed by atoms with Crippen LogP contribution in [-0.4, -0.2) is 46.2 Å². The average Bonchev–Trinajstić information content (AvgIpc) is 3.11. The van der Waals surface area contributed by atoms with E-state index in [4.69, 9.17) is 4.98 Å². The topological polar surface area (TPSA) is 72.5 Å². The third-order valence-corrected chi connectivity index (χ3v) is 7.81. The van der Waals surface area contributed by atoms with E-state index in [0.29, 0.717) is 11.7 Å². The van der Waals surface area contributed by atoms with E-state index in [9.17, 15) is 9.90 Å². The number of hydrogen-bond donors (Lipinski definition) is 2. The Balaban J connectivity index is 1.36. The molecule has 2 unspecified atom stereocenters. The number of phenols is 1. The lowest BCUT2D eigenvalue weighted by Gasteiger charge is -2.38. The van der Waals surface area contributed by atoms with Crippen LogP contribution in [-0.2, 0) is 12.8 Å². The molecule has 2 aliphatic rings. The molecule has 0 saturated carbocycles. The van der Waals surface area contributed by atoms with E-state index in [1.807, 2.05) is 18.2 Å². The number of para-hydroxylation sites is 2. The van der Waals surface area contributed by atoms with Crippen molar-refractivity contribution in [3.05, 3.63) is 50.9 Å². The molecule has 3 aromatic rings. The zero-order valence-corrected chi connectivity index (χ0v) is 18.3. The van der Waals surface area contributed by atoms with Crippen molar-refractivity contribution in [2.24, 2.45) is 5.92 Å². The van der Waals surface area contributed by atoms with Crippen molar-refractivity contribution < 1.29 is 5.11 Å². The largest absolute Gasteiger partial charge is 0.506 e. The average molecular weight is 425 g/mol. The molecule has 1 saturated heterocycles. The monoisotopic (exact) mass is 424 g/mol. The molecule has 0 radical (unpaired) electrons. The van der Waals surface area contributed by atoms with Gasteiger partial charge in [-0.2, -0.15) is 0 Å². The fraction of sp³-hybridized carbons (Fsp3) is 0.478. The second kappa shape index (κ2) is 7.71. The summed E-state index contributed by atoms with van der Waals surface area (Å²) in [5.74, 6) is 1.77. The molecule has 6 nitrogen and oxygen atoms in total. The lowest BCUT2D eigenvalue weighted by Crippen LogP contribution is -2.47. The van der Waals surface area contributed by atoms with E-state index in [0.717, 1.165) is 67.2 Å². The first kappa shape index (κ1) is 19.6. The SMILES string of the molecule is CC1CCc2c(sc3nc(C(C)N4CCN(c5ccccc5O)CC4)[nH]c(=O)c23)C1. The fourth-order valence-electron chi connectivity index (χ4n) is 4.82. The minimum absolute atomic E-state index is 0.0155. The summed E-state index contributed by atoms with van der Waals surface area (Å²) in [5, 5.41) is 11.0. The summed E-state index contributed by atoms with van der Waals surface area (Å²) < 4.78 is 0. The van der Waals surface area contributed by atoms with Crippen LogP contribution < -0.4 is 10.5 Å². The number of aromatic amines is 1. The Morgan fingerprint density at radius 1 is 1.23 bits per heavy atom. The van der Waals surface area contributed by atoms with Gasteiger partial charge in [0, 0.05) is 31.1 Å². The molecular weight excluding hydrogens is 396 g/mol. The quantitative estimate of drug-likeness (QED) is 0.671. The van der Waals surface area contributed by atoms with Gasteiger partial charge in [-0.3, -0.25) is 9.69 Å². The first-order valence-corrected chi connectivity index (χ1v) is 11.6. The van der Waals surface area contributed by atoms with Gasteiger partial charge in [0.2, 0.25) is 0 Å². The summed E-state index contributed by atoms with van der Waals surface area (Å²) in [6.07, 6.45) is 3.21. The predicted molar refractivity (Wildman–Crippen MR) is 122 cm³/mol. The summed E-state index contributed by atoms with van der Waals surface area (Å²) in [6.45, 7) is 7.78.